The topological polar surface area (TPSA) is 144 Å². The molecule has 2 atom stereocenters. The number of hydrogen-bond donors (Lipinski definition) is 5. The second-order valence-electron chi connectivity index (χ2n) is 12.4. The number of pyridine rings is 1. The van der Waals surface area contributed by atoms with Gasteiger partial charge in [-0.25, -0.2) is 9.78 Å². The van der Waals surface area contributed by atoms with Crippen molar-refractivity contribution in [3.63, 3.8) is 0 Å². The lowest BCUT2D eigenvalue weighted by Crippen LogP contribution is -2.67. The first-order valence-corrected chi connectivity index (χ1v) is 16.9. The van der Waals surface area contributed by atoms with Crippen molar-refractivity contribution < 1.29 is 24.0 Å². The number of aromatic nitrogens is 1. The molecule has 0 spiro atoms. The van der Waals surface area contributed by atoms with E-state index in [0.717, 1.165) is 10.9 Å². The molecule has 10 nitrogen and oxygen atoms in total. The Balaban J connectivity index is 1.83. The second kappa shape index (κ2) is 14.6. The maximum Gasteiger partial charge on any atom is 0.376 e. The monoisotopic (exact) mass is 607 g/mol. The molecule has 3 rings (SSSR count). The zero-order chi connectivity index (χ0) is 31.8. The molecule has 3 aromatic rings. The van der Waals surface area contributed by atoms with Gasteiger partial charge in [-0.05, 0) is 57.2 Å². The Morgan fingerprint density at radius 1 is 0.930 bits per heavy atom. The first kappa shape index (κ1) is 33.7. The molecule has 5 N–H and O–H groups in total. The van der Waals surface area contributed by atoms with Crippen molar-refractivity contribution in [1.29, 1.82) is 0 Å². The van der Waals surface area contributed by atoms with E-state index in [2.05, 4.69) is 20.9 Å². The highest BCUT2D eigenvalue weighted by Crippen LogP contribution is 2.16. The number of fused-ring (bicyclic) bond motifs is 1. The molecular weight excluding hydrogens is 562 g/mol. The fourth-order valence-electron chi connectivity index (χ4n) is 4.68. The van der Waals surface area contributed by atoms with Crippen LogP contribution in [0, 0.1) is 5.92 Å². The normalized spacial score (nSPS) is 13.3. The lowest BCUT2D eigenvalue weighted by Gasteiger charge is -2.36. The quantitative estimate of drug-likeness (QED) is 0.200. The van der Waals surface area contributed by atoms with Crippen LogP contribution in [0.15, 0.2) is 66.7 Å². The van der Waals surface area contributed by atoms with Crippen LogP contribution in [0.2, 0.25) is 0 Å². The maximum atomic E-state index is 13.5. The van der Waals surface area contributed by atoms with Crippen molar-refractivity contribution in [3.05, 3.63) is 78.0 Å². The molecule has 232 valence electrons. The fraction of sp³-hybridized carbons (Fsp3) is 0.438. The van der Waals surface area contributed by atoms with Crippen molar-refractivity contribution in [2.45, 2.75) is 71.6 Å². The molecule has 1 aromatic heterocycles. The van der Waals surface area contributed by atoms with Gasteiger partial charge in [0.15, 0.2) is 0 Å². The fourth-order valence-corrected chi connectivity index (χ4v) is 6.67. The minimum Gasteiger partial charge on any atom is -0.408 e. The summed E-state index contributed by atoms with van der Waals surface area (Å²) in [4.78, 5) is 68.8. The Labute approximate surface area is 255 Å². The lowest BCUT2D eigenvalue weighted by atomic mass is 10.1. The summed E-state index contributed by atoms with van der Waals surface area (Å²) < 4.78 is 0. The van der Waals surface area contributed by atoms with Gasteiger partial charge in [-0.3, -0.25) is 9.59 Å². The first-order valence-electron chi connectivity index (χ1n) is 14.7. The van der Waals surface area contributed by atoms with E-state index in [4.69, 9.17) is 0 Å². The van der Waals surface area contributed by atoms with E-state index in [9.17, 15) is 24.0 Å². The number of nitrogens with zero attached hydrogens (tertiary/aromatic N) is 2. The molecule has 0 aliphatic heterocycles. The molecular formula is C32H45N5O5Si. The molecule has 1 heterocycles. The van der Waals surface area contributed by atoms with E-state index in [1.54, 1.807) is 25.1 Å². The second-order valence-corrected chi connectivity index (χ2v) is 15.2. The summed E-state index contributed by atoms with van der Waals surface area (Å²) >= 11 is 0. The summed E-state index contributed by atoms with van der Waals surface area (Å²) in [6.07, 6.45) is 0.0932. The average molecular weight is 608 g/mol. The lowest BCUT2D eigenvalue weighted by molar-refractivity contribution is -0.123. The van der Waals surface area contributed by atoms with Crippen LogP contribution < -0.4 is 16.0 Å². The average Bonchev–Trinajstić information content (AvgIpc) is 2.94. The van der Waals surface area contributed by atoms with E-state index in [0.29, 0.717) is 12.1 Å². The molecule has 0 aliphatic carbocycles. The smallest absolute Gasteiger partial charge is 0.376 e. The van der Waals surface area contributed by atoms with Crippen molar-refractivity contribution in [3.8, 4) is 0 Å². The summed E-state index contributed by atoms with van der Waals surface area (Å²) in [6, 6.07) is 18.7. The van der Waals surface area contributed by atoms with Crippen molar-refractivity contribution in [2.24, 2.45) is 5.92 Å². The summed E-state index contributed by atoms with van der Waals surface area (Å²) in [5, 5.41) is 9.35. The number of carbonyl (C=O) groups is 3. The largest absolute Gasteiger partial charge is 0.408 e. The number of carbonyl (C=O) groups excluding carboxylic acids is 3. The summed E-state index contributed by atoms with van der Waals surface area (Å²) in [5.41, 5.74) is 0.0383. The maximum absolute atomic E-state index is 13.5. The van der Waals surface area contributed by atoms with E-state index < -0.39 is 43.7 Å². The van der Waals surface area contributed by atoms with Crippen molar-refractivity contribution in [1.82, 2.24) is 25.8 Å². The van der Waals surface area contributed by atoms with Gasteiger partial charge in [-0.2, -0.15) is 0 Å². The molecule has 0 fully saturated rings. The number of urea groups is 1. The predicted molar refractivity (Wildman–Crippen MR) is 170 cm³/mol. The van der Waals surface area contributed by atoms with E-state index >= 15 is 0 Å². The van der Waals surface area contributed by atoms with E-state index in [1.165, 1.54) is 4.90 Å². The van der Waals surface area contributed by atoms with Gasteiger partial charge in [-0.15, -0.1) is 0 Å². The molecule has 0 aliphatic rings. The zero-order valence-corrected chi connectivity index (χ0v) is 26.9. The third-order valence-corrected chi connectivity index (χ3v) is 9.11. The highest BCUT2D eigenvalue weighted by atomic mass is 28.4. The Morgan fingerprint density at radius 2 is 1.58 bits per heavy atom. The van der Waals surface area contributed by atoms with Crippen LogP contribution in [-0.4, -0.2) is 75.8 Å². The number of benzene rings is 2. The molecule has 4 amide bonds. The van der Waals surface area contributed by atoms with Crippen LogP contribution in [0.3, 0.4) is 0 Å². The SMILES string of the molecule is CCC(NC(=O)c1ccc2ccccc2n1)C(=O)NC(Cc1ccccc1)[Si](O)(O)CN(CC(C)C)C(=O)NC(C)(C)C. The molecule has 0 saturated carbocycles. The summed E-state index contributed by atoms with van der Waals surface area (Å²) in [5.74, 6) is -0.987. The van der Waals surface area contributed by atoms with Gasteiger partial charge in [0.2, 0.25) is 5.91 Å². The Morgan fingerprint density at radius 3 is 2.21 bits per heavy atom. The van der Waals surface area contributed by atoms with Crippen LogP contribution in [-0.2, 0) is 11.2 Å². The highest BCUT2D eigenvalue weighted by Gasteiger charge is 2.44. The van der Waals surface area contributed by atoms with Crippen LogP contribution in [0.5, 0.6) is 0 Å². The van der Waals surface area contributed by atoms with E-state index in [1.807, 2.05) is 83.1 Å². The van der Waals surface area contributed by atoms with Crippen LogP contribution in [0.25, 0.3) is 10.9 Å². The van der Waals surface area contributed by atoms with Gasteiger partial charge in [0, 0.05) is 17.5 Å². The number of hydrogen-bond acceptors (Lipinski definition) is 6. The number of nitrogens with one attached hydrogen (secondary N) is 3. The Bertz CT molecular complexity index is 1390. The van der Waals surface area contributed by atoms with Gasteiger partial charge >= 0.3 is 14.6 Å². The number of rotatable bonds is 12. The Hall–Kier alpha value is -3.80. The standard InChI is InChI=1S/C32H45N5O5Si/c1-7-25(34-30(39)27-18-17-24-15-11-12-16-26(24)33-27)29(38)35-28(19-23-13-9-8-10-14-23)43(41,42)21-37(20-22(2)3)31(40)36-32(4,5)6/h8-18,22,25,28,41-42H,7,19-21H2,1-6H3,(H,34,39)(H,35,38)(H,36,40). The molecule has 0 radical (unpaired) electrons. The van der Waals surface area contributed by atoms with E-state index in [-0.39, 0.29) is 30.6 Å². The predicted octanol–water partition coefficient (Wildman–Crippen LogP) is 3.44. The van der Waals surface area contributed by atoms with Crippen molar-refractivity contribution in [2.75, 3.05) is 12.7 Å². The van der Waals surface area contributed by atoms with Gasteiger partial charge in [0.25, 0.3) is 5.91 Å². The van der Waals surface area contributed by atoms with Crippen LogP contribution in [0.4, 0.5) is 4.79 Å². The molecule has 2 aromatic carbocycles. The van der Waals surface area contributed by atoms with Gasteiger partial charge in [-0.1, -0.05) is 75.4 Å². The highest BCUT2D eigenvalue weighted by molar-refractivity contribution is 6.67. The molecule has 2 unspecified atom stereocenters. The summed E-state index contributed by atoms with van der Waals surface area (Å²) in [6.45, 7) is 11.5. The van der Waals surface area contributed by atoms with Crippen LogP contribution in [0.1, 0.15) is 64.0 Å². The van der Waals surface area contributed by atoms with Gasteiger partial charge in [0.05, 0.1) is 17.3 Å². The van der Waals surface area contributed by atoms with Crippen LogP contribution >= 0.6 is 0 Å². The molecule has 11 heteroatoms. The molecule has 43 heavy (non-hydrogen) atoms. The van der Waals surface area contributed by atoms with Crippen molar-refractivity contribution >= 4 is 37.3 Å². The number of amides is 4. The third-order valence-electron chi connectivity index (χ3n) is 6.80. The third kappa shape index (κ3) is 10.2. The minimum absolute atomic E-state index is 0.0704. The number of para-hydroxylation sites is 1. The molecule has 0 saturated heterocycles. The molecule has 0 bridgehead atoms. The summed E-state index contributed by atoms with van der Waals surface area (Å²) in [7, 11) is -4.33. The van der Waals surface area contributed by atoms with Gasteiger partial charge in [0.1, 0.15) is 11.7 Å². The Kier molecular flexibility index (Phi) is 11.4. The minimum atomic E-state index is -4.33. The first-order chi connectivity index (χ1) is 20.2. The van der Waals surface area contributed by atoms with Gasteiger partial charge < -0.3 is 30.4 Å². The zero-order valence-electron chi connectivity index (χ0n) is 25.9.